The van der Waals surface area contributed by atoms with Crippen molar-refractivity contribution in [3.8, 4) is 0 Å². The lowest BCUT2D eigenvalue weighted by atomic mass is 9.96. The highest BCUT2D eigenvalue weighted by atomic mass is 35.5. The normalized spacial score (nSPS) is 18.3. The van der Waals surface area contributed by atoms with Crippen molar-refractivity contribution in [1.82, 2.24) is 9.78 Å². The van der Waals surface area contributed by atoms with Gasteiger partial charge in [0.15, 0.2) is 11.7 Å². The number of rotatable bonds is 3. The van der Waals surface area contributed by atoms with Crippen LogP contribution >= 0.6 is 23.2 Å². The van der Waals surface area contributed by atoms with Crippen molar-refractivity contribution in [2.45, 2.75) is 31.6 Å². The van der Waals surface area contributed by atoms with Crippen molar-refractivity contribution < 1.29 is 18.0 Å². The van der Waals surface area contributed by atoms with Crippen LogP contribution in [0.3, 0.4) is 0 Å². The zero-order valence-electron chi connectivity index (χ0n) is 16.2. The third-order valence-corrected chi connectivity index (χ3v) is 5.64. The molecule has 0 aliphatic carbocycles. The molecule has 3 aromatic rings. The first-order chi connectivity index (χ1) is 14.6. The lowest BCUT2D eigenvalue weighted by Gasteiger charge is -2.33. The number of nitrogens with one attached hydrogen (secondary N) is 2. The number of hydrogen-bond donors (Lipinski definition) is 2. The van der Waals surface area contributed by atoms with Crippen LogP contribution in [0, 0.1) is 6.92 Å². The quantitative estimate of drug-likeness (QED) is 0.466. The molecule has 2 atom stereocenters. The second kappa shape index (κ2) is 8.09. The van der Waals surface area contributed by atoms with E-state index in [2.05, 4.69) is 15.7 Å². The Morgan fingerprint density at radius 1 is 1.16 bits per heavy atom. The fourth-order valence-electron chi connectivity index (χ4n) is 3.48. The Balaban J connectivity index is 1.65. The van der Waals surface area contributed by atoms with Crippen molar-refractivity contribution in [3.05, 3.63) is 75.4 Å². The average molecular weight is 469 g/mol. The van der Waals surface area contributed by atoms with Gasteiger partial charge in [-0.2, -0.15) is 18.3 Å². The molecule has 0 saturated heterocycles. The Morgan fingerprint density at radius 3 is 2.55 bits per heavy atom. The largest absolute Gasteiger partial charge is 0.410 e. The summed E-state index contributed by atoms with van der Waals surface area (Å²) >= 11 is 12.0. The van der Waals surface area contributed by atoms with E-state index >= 15 is 0 Å². The highest BCUT2D eigenvalue weighted by Gasteiger charge is 2.46. The van der Waals surface area contributed by atoms with Crippen LogP contribution in [0.2, 0.25) is 10.0 Å². The van der Waals surface area contributed by atoms with E-state index in [1.54, 1.807) is 18.2 Å². The highest BCUT2D eigenvalue weighted by molar-refractivity contribution is 6.35. The Hall–Kier alpha value is -2.71. The second-order valence-corrected chi connectivity index (χ2v) is 8.18. The summed E-state index contributed by atoms with van der Waals surface area (Å²) in [6, 6.07) is 10.6. The molecule has 0 bridgehead atoms. The molecule has 0 saturated carbocycles. The number of alkyl halides is 3. The number of aromatic nitrogens is 2. The second-order valence-electron chi connectivity index (χ2n) is 7.34. The minimum atomic E-state index is -4.53. The number of fused-ring (bicyclic) bond motifs is 1. The van der Waals surface area contributed by atoms with Crippen molar-refractivity contribution >= 4 is 40.6 Å². The smallest absolute Gasteiger partial charge is 0.363 e. The van der Waals surface area contributed by atoms with Crippen LogP contribution < -0.4 is 10.6 Å². The number of benzene rings is 2. The van der Waals surface area contributed by atoms with Gasteiger partial charge in [0, 0.05) is 17.5 Å². The zero-order valence-corrected chi connectivity index (χ0v) is 17.7. The van der Waals surface area contributed by atoms with E-state index in [0.29, 0.717) is 5.02 Å². The molecule has 0 spiro atoms. The monoisotopic (exact) mass is 468 g/mol. The molecule has 2 aromatic carbocycles. The Kier molecular flexibility index (Phi) is 5.61. The first kappa shape index (κ1) is 21.5. The summed E-state index contributed by atoms with van der Waals surface area (Å²) in [5.41, 5.74) is 1.81. The first-order valence-corrected chi connectivity index (χ1v) is 10.1. The van der Waals surface area contributed by atoms with E-state index in [1.165, 1.54) is 18.2 Å². The lowest BCUT2D eigenvalue weighted by Crippen LogP contribution is -2.35. The van der Waals surface area contributed by atoms with Crippen LogP contribution in [0.5, 0.6) is 0 Å². The molecule has 0 unspecified atom stereocenters. The molecule has 2 heterocycles. The molecule has 0 radical (unpaired) electrons. The van der Waals surface area contributed by atoms with Gasteiger partial charge in [0.25, 0.3) is 5.91 Å². The fraction of sp³-hybridized carbons (Fsp3) is 0.238. The molecule has 0 fully saturated rings. The van der Waals surface area contributed by atoms with Gasteiger partial charge in [0.05, 0.1) is 16.8 Å². The van der Waals surface area contributed by atoms with Gasteiger partial charge in [0.1, 0.15) is 5.82 Å². The number of anilines is 2. The van der Waals surface area contributed by atoms with Crippen molar-refractivity contribution in [3.63, 3.8) is 0 Å². The molecule has 162 valence electrons. The SMILES string of the molecule is Cc1ccc([C@H]2C[C@H](C(F)(F)F)n3nc(C(=O)Nc4cc(Cl)ccc4Cl)cc3N2)cc1. The fourth-order valence-corrected chi connectivity index (χ4v) is 3.82. The van der Waals surface area contributed by atoms with Crippen LogP contribution in [0.25, 0.3) is 0 Å². The number of carbonyl (C=O) groups is 1. The van der Waals surface area contributed by atoms with Crippen LogP contribution in [-0.4, -0.2) is 21.9 Å². The maximum Gasteiger partial charge on any atom is 0.410 e. The third-order valence-electron chi connectivity index (χ3n) is 5.08. The van der Waals surface area contributed by atoms with Crippen LogP contribution in [-0.2, 0) is 0 Å². The maximum absolute atomic E-state index is 13.8. The molecule has 1 aromatic heterocycles. The Morgan fingerprint density at radius 2 is 1.87 bits per heavy atom. The lowest BCUT2D eigenvalue weighted by molar-refractivity contribution is -0.173. The molecule has 31 heavy (non-hydrogen) atoms. The molecule has 5 nitrogen and oxygen atoms in total. The predicted octanol–water partition coefficient (Wildman–Crippen LogP) is 6.41. The van der Waals surface area contributed by atoms with Gasteiger partial charge in [-0.15, -0.1) is 0 Å². The van der Waals surface area contributed by atoms with Gasteiger partial charge >= 0.3 is 6.18 Å². The van der Waals surface area contributed by atoms with E-state index in [0.717, 1.165) is 15.8 Å². The minimum Gasteiger partial charge on any atom is -0.363 e. The number of amides is 1. The topological polar surface area (TPSA) is 59.0 Å². The van der Waals surface area contributed by atoms with Gasteiger partial charge < -0.3 is 10.6 Å². The van der Waals surface area contributed by atoms with E-state index in [-0.39, 0.29) is 28.6 Å². The third kappa shape index (κ3) is 4.50. The van der Waals surface area contributed by atoms with Crippen LogP contribution in [0.4, 0.5) is 24.7 Å². The summed E-state index contributed by atoms with van der Waals surface area (Å²) < 4.78 is 42.2. The summed E-state index contributed by atoms with van der Waals surface area (Å²) in [5.74, 6) is -0.581. The summed E-state index contributed by atoms with van der Waals surface area (Å²) in [6.07, 6.45) is -4.78. The molecule has 1 aliphatic heterocycles. The van der Waals surface area contributed by atoms with Crippen molar-refractivity contribution in [2.75, 3.05) is 10.6 Å². The summed E-state index contributed by atoms with van der Waals surface area (Å²) in [6.45, 7) is 1.91. The van der Waals surface area contributed by atoms with Gasteiger partial charge in [-0.1, -0.05) is 53.0 Å². The number of halogens is 5. The zero-order chi connectivity index (χ0) is 22.3. The van der Waals surface area contributed by atoms with Crippen molar-refractivity contribution in [2.24, 2.45) is 0 Å². The average Bonchev–Trinajstić information content (AvgIpc) is 3.14. The van der Waals surface area contributed by atoms with E-state index in [1.807, 2.05) is 19.1 Å². The molecule has 10 heteroatoms. The Bertz CT molecular complexity index is 1130. The number of carbonyl (C=O) groups excluding carboxylic acids is 1. The molecule has 4 rings (SSSR count). The Labute approximate surface area is 186 Å². The van der Waals surface area contributed by atoms with Gasteiger partial charge in [-0.05, 0) is 30.7 Å². The van der Waals surface area contributed by atoms with E-state index < -0.39 is 24.2 Å². The highest BCUT2D eigenvalue weighted by Crippen LogP contribution is 2.43. The summed E-state index contributed by atoms with van der Waals surface area (Å²) in [5, 5.41) is 10.1. The molecular weight excluding hydrogens is 452 g/mol. The van der Waals surface area contributed by atoms with E-state index in [4.69, 9.17) is 23.2 Å². The molecule has 1 amide bonds. The van der Waals surface area contributed by atoms with Crippen molar-refractivity contribution in [1.29, 1.82) is 0 Å². The number of aryl methyl sites for hydroxylation is 1. The van der Waals surface area contributed by atoms with Gasteiger partial charge in [0.2, 0.25) is 0 Å². The number of hydrogen-bond acceptors (Lipinski definition) is 3. The predicted molar refractivity (Wildman–Crippen MR) is 114 cm³/mol. The minimum absolute atomic E-state index is 0.112. The van der Waals surface area contributed by atoms with Crippen LogP contribution in [0.15, 0.2) is 48.5 Å². The number of nitrogens with zero attached hydrogens (tertiary/aromatic N) is 2. The maximum atomic E-state index is 13.8. The molecule has 1 aliphatic rings. The first-order valence-electron chi connectivity index (χ1n) is 9.37. The standard InChI is InChI=1S/C21H17Cl2F3N4O/c1-11-2-4-12(5-3-11)15-9-18(21(24,25)26)30-19(27-15)10-17(29-30)20(31)28-16-8-13(22)6-7-14(16)23/h2-8,10,15,18,27H,9H2,1H3,(H,28,31)/t15-,18-/m1/s1. The van der Waals surface area contributed by atoms with Gasteiger partial charge in [-0.25, -0.2) is 4.68 Å². The van der Waals surface area contributed by atoms with E-state index in [9.17, 15) is 18.0 Å². The molecule has 2 N–H and O–H groups in total. The summed E-state index contributed by atoms with van der Waals surface area (Å²) in [7, 11) is 0. The molecular formula is C21H17Cl2F3N4O. The van der Waals surface area contributed by atoms with Gasteiger partial charge in [-0.3, -0.25) is 4.79 Å². The van der Waals surface area contributed by atoms with Crippen LogP contribution in [0.1, 0.15) is 40.1 Å². The summed E-state index contributed by atoms with van der Waals surface area (Å²) in [4.78, 5) is 12.6.